The third-order valence-electron chi connectivity index (χ3n) is 4.01. The molecule has 2 aromatic rings. The first-order chi connectivity index (χ1) is 17.3. The summed E-state index contributed by atoms with van der Waals surface area (Å²) in [6.45, 7) is 0.439. The van der Waals surface area contributed by atoms with Gasteiger partial charge in [0, 0.05) is 6.42 Å². The van der Waals surface area contributed by atoms with Crippen LogP contribution in [-0.2, 0) is 40.6 Å². The monoisotopic (exact) mass is 632 g/mol. The van der Waals surface area contributed by atoms with Crippen molar-refractivity contribution in [3.05, 3.63) is 45.7 Å². The summed E-state index contributed by atoms with van der Waals surface area (Å²) in [4.78, 5) is 35.5. The van der Waals surface area contributed by atoms with Crippen molar-refractivity contribution in [2.45, 2.75) is 29.3 Å². The van der Waals surface area contributed by atoms with Gasteiger partial charge in [0.15, 0.2) is 0 Å². The van der Waals surface area contributed by atoms with Gasteiger partial charge in [0.05, 0.1) is 10.4 Å². The molecule has 2 rings (SSSR count). The van der Waals surface area contributed by atoms with E-state index >= 15 is 0 Å². The van der Waals surface area contributed by atoms with E-state index in [1.807, 2.05) is 0 Å². The van der Waals surface area contributed by atoms with Gasteiger partial charge in [-0.05, 0) is 57.3 Å². The quantitative estimate of drug-likeness (QED) is 0.103. The normalized spacial score (nSPS) is 12.3. The van der Waals surface area contributed by atoms with Gasteiger partial charge >= 0.3 is 18.1 Å². The van der Waals surface area contributed by atoms with Crippen LogP contribution in [0.5, 0.6) is 5.75 Å². The Bertz CT molecular complexity index is 1200. The van der Waals surface area contributed by atoms with Crippen LogP contribution in [0.2, 0.25) is 0 Å². The molecule has 0 bridgehead atoms. The number of hydrogen-bond acceptors (Lipinski definition) is 10. The highest BCUT2D eigenvalue weighted by molar-refractivity contribution is 9.11. The van der Waals surface area contributed by atoms with E-state index in [0.29, 0.717) is 21.5 Å². The first-order valence-corrected chi connectivity index (χ1v) is 13.1. The molecule has 0 saturated heterocycles. The molecule has 1 atom stereocenters. The summed E-state index contributed by atoms with van der Waals surface area (Å²) in [5.41, 5.74) is 10.6. The van der Waals surface area contributed by atoms with Crippen molar-refractivity contribution in [3.63, 3.8) is 0 Å². The Balaban J connectivity index is 2.07. The number of benzene rings is 1. The number of nitrogens with zero attached hydrogens (tertiary/aromatic N) is 1. The molecule has 12 nitrogen and oxygen atoms in total. The summed E-state index contributed by atoms with van der Waals surface area (Å²) in [5, 5.41) is 3.35. The second kappa shape index (κ2) is 13.5. The first kappa shape index (κ1) is 30.1. The lowest BCUT2D eigenvalue weighted by atomic mass is 10.1. The molecule has 0 fully saturated rings. The van der Waals surface area contributed by atoms with Crippen LogP contribution < -0.4 is 20.9 Å². The number of carbonyl (C=O) groups excluding carboxylic acids is 2. The molecule has 0 aliphatic rings. The number of nitrogens with two attached hydrogens (primary N) is 2. The number of nitrogens with one attached hydrogen (secondary N) is 1. The second-order valence-electron chi connectivity index (χ2n) is 6.90. The maximum Gasteiger partial charge on any atom is 0.495 e. The van der Waals surface area contributed by atoms with Gasteiger partial charge in [-0.3, -0.25) is 0 Å². The first-order valence-electron chi connectivity index (χ1n) is 9.98. The van der Waals surface area contributed by atoms with Crippen LogP contribution in [0.3, 0.4) is 0 Å². The van der Waals surface area contributed by atoms with E-state index in [1.54, 1.807) is 0 Å². The molecule has 1 heterocycles. The van der Waals surface area contributed by atoms with Crippen molar-refractivity contribution in [3.8, 4) is 5.75 Å². The summed E-state index contributed by atoms with van der Waals surface area (Å²) in [6, 6.07) is 6.96. The van der Waals surface area contributed by atoms with E-state index in [9.17, 15) is 31.2 Å². The number of carbonyl (C=O) groups is 2. The Labute approximate surface area is 220 Å². The summed E-state index contributed by atoms with van der Waals surface area (Å²) in [5.74, 6) is -4.15. The third-order valence-corrected chi connectivity index (χ3v) is 7.60. The summed E-state index contributed by atoms with van der Waals surface area (Å²) in [7, 11) is -4.29. The van der Waals surface area contributed by atoms with Crippen LogP contribution >= 0.6 is 27.3 Å². The Morgan fingerprint density at radius 2 is 1.76 bits per heavy atom. The molecule has 37 heavy (non-hydrogen) atoms. The minimum atomic E-state index is -5.43. The van der Waals surface area contributed by atoms with Crippen LogP contribution in [0.1, 0.15) is 12.0 Å². The zero-order valence-electron chi connectivity index (χ0n) is 18.6. The van der Waals surface area contributed by atoms with Crippen LogP contribution in [0.25, 0.3) is 0 Å². The number of oxime groups is 1. The van der Waals surface area contributed by atoms with Crippen molar-refractivity contribution < 1.29 is 50.5 Å². The summed E-state index contributed by atoms with van der Waals surface area (Å²) < 4.78 is 70.2. The van der Waals surface area contributed by atoms with Gasteiger partial charge in [-0.1, -0.05) is 12.1 Å². The van der Waals surface area contributed by atoms with Gasteiger partial charge < -0.3 is 21.0 Å². The number of thiophene rings is 1. The fourth-order valence-electron chi connectivity index (χ4n) is 2.44. The van der Waals surface area contributed by atoms with Crippen molar-refractivity contribution in [2.75, 3.05) is 13.2 Å². The zero-order valence-corrected chi connectivity index (χ0v) is 21.8. The second-order valence-corrected chi connectivity index (χ2v) is 11.3. The number of hydrogen-bond donors (Lipinski definition) is 3. The molecule has 0 aliphatic carbocycles. The van der Waals surface area contributed by atoms with Gasteiger partial charge in [-0.25, -0.2) is 27.8 Å². The highest BCUT2D eigenvalue weighted by atomic mass is 79.9. The van der Waals surface area contributed by atoms with E-state index in [-0.39, 0.29) is 29.8 Å². The molecule has 0 aliphatic heterocycles. The fourth-order valence-corrected chi connectivity index (χ4v) is 5.65. The Morgan fingerprint density at radius 3 is 2.32 bits per heavy atom. The Morgan fingerprint density at radius 1 is 1.08 bits per heavy atom. The molecule has 0 unspecified atom stereocenters. The lowest BCUT2D eigenvalue weighted by Gasteiger charge is -2.16. The van der Waals surface area contributed by atoms with Crippen LogP contribution in [0, 0.1) is 0 Å². The van der Waals surface area contributed by atoms with E-state index in [2.05, 4.69) is 35.6 Å². The lowest BCUT2D eigenvalue weighted by molar-refractivity contribution is -0.286. The third kappa shape index (κ3) is 10.4. The predicted molar refractivity (Wildman–Crippen MR) is 126 cm³/mol. The van der Waals surface area contributed by atoms with Gasteiger partial charge in [-0.15, -0.1) is 11.3 Å². The molecule has 0 amide bonds. The molecule has 0 saturated carbocycles. The topological polar surface area (TPSA) is 182 Å². The number of guanidine groups is 1. The summed E-state index contributed by atoms with van der Waals surface area (Å²) >= 11 is 3.94. The predicted octanol–water partition coefficient (Wildman–Crippen LogP) is 1.94. The smallest absolute Gasteiger partial charge is 0.493 e. The largest absolute Gasteiger partial charge is 0.495 e. The van der Waals surface area contributed by atoms with Crippen LogP contribution in [0.4, 0.5) is 13.2 Å². The lowest BCUT2D eigenvalue weighted by Crippen LogP contribution is -2.43. The van der Waals surface area contributed by atoms with E-state index in [0.717, 1.165) is 11.3 Å². The average molecular weight is 633 g/mol. The SMILES string of the molecule is NC(N)=NOCCCOc1ccc(C[C@H](NS(=O)(=O)c2ccc(Br)s2)C(=O)OOC(=O)C(F)(F)F)cc1. The number of halogens is 4. The Hall–Kier alpha value is -3.09. The molecule has 1 aromatic carbocycles. The molecule has 5 N–H and O–H groups in total. The van der Waals surface area contributed by atoms with Crippen LogP contribution in [-0.4, -0.2) is 51.7 Å². The molecule has 0 radical (unpaired) electrons. The average Bonchev–Trinajstić information content (AvgIpc) is 3.26. The minimum absolute atomic E-state index is 0.183. The van der Waals surface area contributed by atoms with Gasteiger partial charge in [0.2, 0.25) is 5.96 Å². The van der Waals surface area contributed by atoms with E-state index < -0.39 is 34.2 Å². The van der Waals surface area contributed by atoms with Crippen LogP contribution in [0.15, 0.2) is 49.5 Å². The maximum absolute atomic E-state index is 12.7. The molecule has 0 spiro atoms. The molecule has 1 aromatic heterocycles. The number of ether oxygens (including phenoxy) is 1. The maximum atomic E-state index is 12.7. The van der Waals surface area contributed by atoms with Crippen molar-refractivity contribution >= 4 is 55.2 Å². The fraction of sp³-hybridized carbons (Fsp3) is 0.316. The highest BCUT2D eigenvalue weighted by Crippen LogP contribution is 2.26. The number of alkyl halides is 3. The van der Waals surface area contributed by atoms with Crippen molar-refractivity contribution in [1.29, 1.82) is 0 Å². The molecular weight excluding hydrogens is 613 g/mol. The molecule has 18 heteroatoms. The van der Waals surface area contributed by atoms with Crippen molar-refractivity contribution in [2.24, 2.45) is 16.6 Å². The molecular formula is C19H20BrF3N4O8S2. The van der Waals surface area contributed by atoms with Gasteiger partial charge in [0.25, 0.3) is 10.0 Å². The van der Waals surface area contributed by atoms with Gasteiger partial charge in [0.1, 0.15) is 22.6 Å². The van der Waals surface area contributed by atoms with E-state index in [4.69, 9.17) is 21.0 Å². The minimum Gasteiger partial charge on any atom is -0.493 e. The highest BCUT2D eigenvalue weighted by Gasteiger charge is 2.43. The Kier molecular flexibility index (Phi) is 11.0. The van der Waals surface area contributed by atoms with Crippen molar-refractivity contribution in [1.82, 2.24) is 4.72 Å². The van der Waals surface area contributed by atoms with Gasteiger partial charge in [-0.2, -0.15) is 17.9 Å². The summed E-state index contributed by atoms with van der Waals surface area (Å²) in [6.07, 6.45) is -5.34. The van der Waals surface area contributed by atoms with E-state index in [1.165, 1.54) is 36.4 Å². The zero-order chi connectivity index (χ0) is 27.6. The number of rotatable bonds is 12. The standard InChI is InChI=1S/C19H20BrF3N4O8S2/c20-14-6-7-15(36-14)37(30,31)27-13(16(28)34-35-17(29)19(21,22)23)10-11-2-4-12(5-3-11)32-8-1-9-33-26-18(24)25/h2-7,13,27H,1,8-10H2,(H4,24,25,26)/t13-/m0/s1. The molecule has 204 valence electrons. The number of sulfonamides is 1.